The summed E-state index contributed by atoms with van der Waals surface area (Å²) in [5.41, 5.74) is 10.8. The highest BCUT2D eigenvalue weighted by atomic mass is 19.4. The minimum atomic E-state index is -4.63. The number of nitrogen functional groups attached to an aromatic ring is 2. The van der Waals surface area contributed by atoms with Crippen LogP contribution in [0.1, 0.15) is 33.9 Å². The van der Waals surface area contributed by atoms with Crippen LogP contribution in [0.25, 0.3) is 5.57 Å². The van der Waals surface area contributed by atoms with Crippen LogP contribution in [-0.4, -0.2) is 4.98 Å². The largest absolute Gasteiger partial charge is 0.457 e. The molecule has 1 atom stereocenters. The molecule has 0 fully saturated rings. The number of anilines is 3. The van der Waals surface area contributed by atoms with Crippen LogP contribution < -0.4 is 21.5 Å². The fourth-order valence-electron chi connectivity index (χ4n) is 4.31. The standard InChI is InChI=1S/C28H20F6N4O/c29-27(30,31)21-12-16(5-9-23(21)35)25-14-20(19-2-1-11-37-26(19)38-25)15-3-6-17(7-4-15)39-18-8-10-24(36)22(13-18)28(32,33)34/h1-14,25H,35-36H2,(H,37,38). The maximum absolute atomic E-state index is 13.5. The van der Waals surface area contributed by atoms with Crippen molar-refractivity contribution >= 4 is 22.8 Å². The van der Waals surface area contributed by atoms with Crippen LogP contribution in [0.2, 0.25) is 0 Å². The smallest absolute Gasteiger partial charge is 0.418 e. The first-order valence-corrected chi connectivity index (χ1v) is 11.6. The van der Waals surface area contributed by atoms with Gasteiger partial charge in [0.25, 0.3) is 0 Å². The number of aromatic nitrogens is 1. The molecule has 2 heterocycles. The number of hydrogen-bond acceptors (Lipinski definition) is 5. The zero-order valence-electron chi connectivity index (χ0n) is 19.9. The highest BCUT2D eigenvalue weighted by Crippen LogP contribution is 2.41. The molecular formula is C28H20F6N4O. The van der Waals surface area contributed by atoms with E-state index in [1.165, 1.54) is 18.2 Å². The molecule has 0 bridgehead atoms. The molecule has 0 saturated heterocycles. The van der Waals surface area contributed by atoms with Gasteiger partial charge in [-0.1, -0.05) is 18.2 Å². The summed E-state index contributed by atoms with van der Waals surface area (Å²) in [5, 5.41) is 3.15. The molecule has 0 saturated carbocycles. The van der Waals surface area contributed by atoms with E-state index in [2.05, 4.69) is 10.3 Å². The predicted octanol–water partition coefficient (Wildman–Crippen LogP) is 7.67. The lowest BCUT2D eigenvalue weighted by atomic mass is 9.90. The summed E-state index contributed by atoms with van der Waals surface area (Å²) in [4.78, 5) is 4.34. The highest BCUT2D eigenvalue weighted by Gasteiger charge is 2.35. The van der Waals surface area contributed by atoms with Crippen molar-refractivity contribution < 1.29 is 31.1 Å². The molecule has 0 radical (unpaired) electrons. The van der Waals surface area contributed by atoms with Crippen molar-refractivity contribution in [1.82, 2.24) is 4.98 Å². The Bertz CT molecular complexity index is 1560. The van der Waals surface area contributed by atoms with E-state index in [1.54, 1.807) is 42.6 Å². The van der Waals surface area contributed by atoms with Crippen LogP contribution in [0.5, 0.6) is 11.5 Å². The second-order valence-electron chi connectivity index (χ2n) is 8.82. The first kappa shape index (κ1) is 26.0. The van der Waals surface area contributed by atoms with Gasteiger partial charge in [0.05, 0.1) is 17.2 Å². The van der Waals surface area contributed by atoms with E-state index >= 15 is 0 Å². The average Bonchev–Trinajstić information content (AvgIpc) is 2.88. The Labute approximate surface area is 218 Å². The van der Waals surface area contributed by atoms with E-state index in [1.807, 2.05) is 6.07 Å². The van der Waals surface area contributed by atoms with Crippen LogP contribution in [0.4, 0.5) is 43.5 Å². The second kappa shape index (κ2) is 9.57. The van der Waals surface area contributed by atoms with E-state index in [-0.39, 0.29) is 17.2 Å². The molecule has 0 amide bonds. The molecule has 1 aromatic heterocycles. The van der Waals surface area contributed by atoms with E-state index in [0.29, 0.717) is 22.5 Å². The molecule has 1 unspecified atom stereocenters. The minimum absolute atomic E-state index is 0.0382. The van der Waals surface area contributed by atoms with Crippen LogP contribution in [0.3, 0.4) is 0 Å². The highest BCUT2D eigenvalue weighted by molar-refractivity contribution is 5.88. The van der Waals surface area contributed by atoms with Gasteiger partial charge in [-0.2, -0.15) is 26.3 Å². The SMILES string of the molecule is Nc1ccc(Oc2ccc(C3=CC(c4ccc(N)c(C(F)(F)F)c4)Nc4ncccc43)cc2)cc1C(F)(F)F. The minimum Gasteiger partial charge on any atom is -0.457 e. The molecule has 200 valence electrons. The van der Waals surface area contributed by atoms with E-state index in [0.717, 1.165) is 23.8 Å². The van der Waals surface area contributed by atoms with Gasteiger partial charge in [0, 0.05) is 23.1 Å². The number of halogens is 6. The van der Waals surface area contributed by atoms with E-state index < -0.39 is 35.2 Å². The summed E-state index contributed by atoms with van der Waals surface area (Å²) in [7, 11) is 0. The summed E-state index contributed by atoms with van der Waals surface area (Å²) in [6.07, 6.45) is -5.90. The van der Waals surface area contributed by atoms with Gasteiger partial charge in [-0.05, 0) is 77.4 Å². The van der Waals surface area contributed by atoms with Gasteiger partial charge >= 0.3 is 12.4 Å². The van der Waals surface area contributed by atoms with Crippen molar-refractivity contribution in [3.05, 3.63) is 113 Å². The van der Waals surface area contributed by atoms with Gasteiger partial charge in [0.15, 0.2) is 0 Å². The summed E-state index contributed by atoms with van der Waals surface area (Å²) >= 11 is 0. The monoisotopic (exact) mass is 542 g/mol. The molecule has 3 aromatic carbocycles. The number of benzene rings is 3. The zero-order valence-corrected chi connectivity index (χ0v) is 19.9. The van der Waals surface area contributed by atoms with Gasteiger partial charge in [-0.3, -0.25) is 0 Å². The Balaban J connectivity index is 1.47. The first-order chi connectivity index (χ1) is 18.4. The molecular weight excluding hydrogens is 522 g/mol. The maximum atomic E-state index is 13.5. The lowest BCUT2D eigenvalue weighted by Crippen LogP contribution is -2.17. The Morgan fingerprint density at radius 1 is 0.744 bits per heavy atom. The molecule has 11 heteroatoms. The Kier molecular flexibility index (Phi) is 6.37. The van der Waals surface area contributed by atoms with Gasteiger partial charge in [-0.15, -0.1) is 0 Å². The van der Waals surface area contributed by atoms with Crippen molar-refractivity contribution in [2.75, 3.05) is 16.8 Å². The number of nitrogens with one attached hydrogen (secondary N) is 1. The van der Waals surface area contributed by atoms with Crippen LogP contribution >= 0.6 is 0 Å². The van der Waals surface area contributed by atoms with Crippen LogP contribution in [-0.2, 0) is 12.4 Å². The molecule has 0 spiro atoms. The lowest BCUT2D eigenvalue weighted by Gasteiger charge is -2.27. The third kappa shape index (κ3) is 5.33. The Hall–Kier alpha value is -4.67. The van der Waals surface area contributed by atoms with Crippen LogP contribution in [0, 0.1) is 0 Å². The van der Waals surface area contributed by atoms with Gasteiger partial charge in [-0.25, -0.2) is 4.98 Å². The number of rotatable bonds is 4. The normalized spacial score (nSPS) is 15.2. The van der Waals surface area contributed by atoms with Crippen molar-refractivity contribution in [2.24, 2.45) is 0 Å². The molecule has 39 heavy (non-hydrogen) atoms. The first-order valence-electron chi connectivity index (χ1n) is 11.6. The number of pyridine rings is 1. The maximum Gasteiger partial charge on any atom is 0.418 e. The van der Waals surface area contributed by atoms with Crippen molar-refractivity contribution in [2.45, 2.75) is 18.4 Å². The fourth-order valence-corrected chi connectivity index (χ4v) is 4.31. The van der Waals surface area contributed by atoms with Crippen molar-refractivity contribution in [1.29, 1.82) is 0 Å². The average molecular weight is 542 g/mol. The predicted molar refractivity (Wildman–Crippen MR) is 136 cm³/mol. The summed E-state index contributed by atoms with van der Waals surface area (Å²) in [6, 6.07) is 16.5. The summed E-state index contributed by atoms with van der Waals surface area (Å²) in [6.45, 7) is 0. The number of hydrogen-bond donors (Lipinski definition) is 3. The van der Waals surface area contributed by atoms with Crippen LogP contribution in [0.15, 0.2) is 85.1 Å². The summed E-state index contributed by atoms with van der Waals surface area (Å²) in [5.74, 6) is 0.721. The zero-order chi connectivity index (χ0) is 27.9. The molecule has 5 nitrogen and oxygen atoms in total. The quantitative estimate of drug-likeness (QED) is 0.182. The number of nitrogens with zero attached hydrogens (tertiary/aromatic N) is 1. The molecule has 0 aliphatic carbocycles. The van der Waals surface area contributed by atoms with Crippen molar-refractivity contribution in [3.8, 4) is 11.5 Å². The van der Waals surface area contributed by atoms with Gasteiger partial charge in [0.1, 0.15) is 17.3 Å². The number of alkyl halides is 6. The van der Waals surface area contributed by atoms with Gasteiger partial charge < -0.3 is 21.5 Å². The number of ether oxygens (including phenoxy) is 1. The lowest BCUT2D eigenvalue weighted by molar-refractivity contribution is -0.137. The summed E-state index contributed by atoms with van der Waals surface area (Å²) < 4.78 is 85.6. The van der Waals surface area contributed by atoms with E-state index in [4.69, 9.17) is 16.2 Å². The molecule has 5 rings (SSSR count). The molecule has 5 N–H and O–H groups in total. The van der Waals surface area contributed by atoms with Crippen molar-refractivity contribution in [3.63, 3.8) is 0 Å². The Morgan fingerprint density at radius 2 is 1.36 bits per heavy atom. The number of fused-ring (bicyclic) bond motifs is 1. The van der Waals surface area contributed by atoms with Gasteiger partial charge in [0.2, 0.25) is 0 Å². The second-order valence-corrected chi connectivity index (χ2v) is 8.82. The molecule has 4 aromatic rings. The third-order valence-electron chi connectivity index (χ3n) is 6.20. The molecule has 1 aliphatic rings. The molecule has 1 aliphatic heterocycles. The van der Waals surface area contributed by atoms with E-state index in [9.17, 15) is 26.3 Å². The third-order valence-corrected chi connectivity index (χ3v) is 6.20. The Morgan fingerprint density at radius 3 is 2.03 bits per heavy atom. The number of nitrogens with two attached hydrogens (primary N) is 2. The topological polar surface area (TPSA) is 86.2 Å². The fraction of sp³-hybridized carbons (Fsp3) is 0.107.